The molecule has 6 nitrogen and oxygen atoms in total. The number of sulfone groups is 1. The van der Waals surface area contributed by atoms with Crippen LogP contribution in [0.1, 0.15) is 13.8 Å². The second-order valence-corrected chi connectivity index (χ2v) is 8.20. The molecule has 0 atom stereocenters. The number of halogens is 2. The molecule has 9 heteroatoms. The molecule has 0 unspecified atom stereocenters. The maximum Gasteiger partial charge on any atom is 0.246 e. The van der Waals surface area contributed by atoms with Gasteiger partial charge in [-0.1, -0.05) is 0 Å². The third kappa shape index (κ3) is 3.27. The van der Waals surface area contributed by atoms with E-state index in [-0.39, 0.29) is 5.82 Å². The summed E-state index contributed by atoms with van der Waals surface area (Å²) in [6.45, 7) is 2.66. The Hall–Kier alpha value is -0.540. The molecule has 0 aliphatic carbocycles. The molecule has 18 heavy (non-hydrogen) atoms. The van der Waals surface area contributed by atoms with Gasteiger partial charge in [0.1, 0.15) is 14.0 Å². The molecule has 0 radical (unpaired) electrons. The minimum atomic E-state index is -3.53. The highest BCUT2D eigenvalue weighted by Crippen LogP contribution is 2.22. The molecule has 0 spiro atoms. The van der Waals surface area contributed by atoms with Gasteiger partial charge in [0.15, 0.2) is 15.7 Å². The number of amides is 1. The summed E-state index contributed by atoms with van der Waals surface area (Å²) in [7, 11) is -3.53. The van der Waals surface area contributed by atoms with Crippen molar-refractivity contribution in [3.8, 4) is 0 Å². The lowest BCUT2D eigenvalue weighted by Crippen LogP contribution is -2.44. The van der Waals surface area contributed by atoms with Crippen LogP contribution >= 0.6 is 31.9 Å². The van der Waals surface area contributed by atoms with Gasteiger partial charge in [0.05, 0.1) is 6.20 Å². The van der Waals surface area contributed by atoms with Crippen LogP contribution in [0.2, 0.25) is 0 Å². The average Bonchev–Trinajstić information content (AvgIpc) is 2.20. The Kier molecular flexibility index (Phi) is 4.50. The van der Waals surface area contributed by atoms with E-state index in [1.165, 1.54) is 20.0 Å². The van der Waals surface area contributed by atoms with Crippen molar-refractivity contribution in [1.29, 1.82) is 0 Å². The number of rotatable bonds is 3. The van der Waals surface area contributed by atoms with Crippen LogP contribution in [-0.4, -0.2) is 35.3 Å². The maximum atomic E-state index is 11.9. The zero-order valence-corrected chi connectivity index (χ0v) is 13.8. The number of nitrogens with zero attached hydrogens (tertiary/aromatic N) is 2. The predicted molar refractivity (Wildman–Crippen MR) is 75.0 cm³/mol. The van der Waals surface area contributed by atoms with Crippen molar-refractivity contribution in [3.05, 3.63) is 15.4 Å². The van der Waals surface area contributed by atoms with Gasteiger partial charge in [-0.3, -0.25) is 4.79 Å². The molecule has 0 aliphatic heterocycles. The van der Waals surface area contributed by atoms with Crippen molar-refractivity contribution in [3.63, 3.8) is 0 Å². The fourth-order valence-corrected chi connectivity index (χ4v) is 2.15. The Morgan fingerprint density at radius 3 is 2.39 bits per heavy atom. The minimum absolute atomic E-state index is 0.167. The SMILES string of the molecule is CC(C)(C(=O)Nc1ncc(Br)nc1Br)S(C)(=O)=O. The molecule has 1 N–H and O–H groups in total. The zero-order valence-electron chi connectivity index (χ0n) is 9.86. The Bertz CT molecular complexity index is 587. The molecule has 1 aromatic heterocycles. The second-order valence-electron chi connectivity index (χ2n) is 4.07. The molecule has 0 saturated carbocycles. The van der Waals surface area contributed by atoms with Gasteiger partial charge in [0.2, 0.25) is 5.91 Å². The van der Waals surface area contributed by atoms with Crippen LogP contribution in [0, 0.1) is 0 Å². The van der Waals surface area contributed by atoms with E-state index < -0.39 is 20.5 Å². The summed E-state index contributed by atoms with van der Waals surface area (Å²) >= 11 is 6.25. The van der Waals surface area contributed by atoms with E-state index >= 15 is 0 Å². The largest absolute Gasteiger partial charge is 0.307 e. The van der Waals surface area contributed by atoms with E-state index in [0.29, 0.717) is 9.21 Å². The number of carbonyl (C=O) groups is 1. The highest BCUT2D eigenvalue weighted by atomic mass is 79.9. The minimum Gasteiger partial charge on any atom is -0.307 e. The van der Waals surface area contributed by atoms with Gasteiger partial charge in [-0.25, -0.2) is 18.4 Å². The lowest BCUT2D eigenvalue weighted by atomic mass is 10.2. The second kappa shape index (κ2) is 5.22. The molecular weight excluding hydrogens is 390 g/mol. The Morgan fingerprint density at radius 2 is 1.94 bits per heavy atom. The third-order valence-electron chi connectivity index (χ3n) is 2.41. The number of aromatic nitrogens is 2. The first kappa shape index (κ1) is 15.5. The van der Waals surface area contributed by atoms with E-state index in [0.717, 1.165) is 6.26 Å². The van der Waals surface area contributed by atoms with Crippen molar-refractivity contribution in [2.24, 2.45) is 0 Å². The average molecular weight is 401 g/mol. The zero-order chi connectivity index (χ0) is 14.1. The van der Waals surface area contributed by atoms with Gasteiger partial charge in [0.25, 0.3) is 0 Å². The van der Waals surface area contributed by atoms with E-state index in [9.17, 15) is 13.2 Å². The first-order valence-electron chi connectivity index (χ1n) is 4.75. The fourth-order valence-electron chi connectivity index (χ4n) is 0.857. The van der Waals surface area contributed by atoms with Crippen LogP contribution in [0.15, 0.2) is 15.4 Å². The first-order chi connectivity index (χ1) is 8.05. The standard InChI is InChI=1S/C9H11Br2N3O3S/c1-9(2,18(3,16)17)8(15)14-7-6(11)13-5(10)4-12-7/h4H,1-3H3,(H,12,14,15). The highest BCUT2D eigenvalue weighted by Gasteiger charge is 2.38. The molecule has 1 aromatic rings. The molecule has 100 valence electrons. The van der Waals surface area contributed by atoms with E-state index in [4.69, 9.17) is 0 Å². The van der Waals surface area contributed by atoms with E-state index in [1.807, 2.05) is 0 Å². The molecule has 1 amide bonds. The van der Waals surface area contributed by atoms with Crippen LogP contribution < -0.4 is 5.32 Å². The van der Waals surface area contributed by atoms with Crippen molar-refractivity contribution in [2.75, 3.05) is 11.6 Å². The van der Waals surface area contributed by atoms with Gasteiger partial charge < -0.3 is 5.32 Å². The van der Waals surface area contributed by atoms with Crippen LogP contribution in [0.4, 0.5) is 5.82 Å². The molecule has 1 heterocycles. The summed E-state index contributed by atoms with van der Waals surface area (Å²) in [6, 6.07) is 0. The molecule has 0 saturated heterocycles. The van der Waals surface area contributed by atoms with Crippen molar-refractivity contribution < 1.29 is 13.2 Å². The van der Waals surface area contributed by atoms with E-state index in [1.54, 1.807) is 0 Å². The summed E-state index contributed by atoms with van der Waals surface area (Å²) < 4.78 is 22.3. The van der Waals surface area contributed by atoms with Gasteiger partial charge >= 0.3 is 0 Å². The van der Waals surface area contributed by atoms with Crippen LogP contribution in [0.3, 0.4) is 0 Å². The lowest BCUT2D eigenvalue weighted by molar-refractivity contribution is -0.117. The number of nitrogens with one attached hydrogen (secondary N) is 1. The van der Waals surface area contributed by atoms with Crippen LogP contribution in [-0.2, 0) is 14.6 Å². The summed E-state index contributed by atoms with van der Waals surface area (Å²) in [5.41, 5.74) is 0. The topological polar surface area (TPSA) is 89.0 Å². The summed E-state index contributed by atoms with van der Waals surface area (Å²) in [5.74, 6) is -0.498. The predicted octanol–water partition coefficient (Wildman–Crippen LogP) is 1.76. The molecule has 0 aromatic carbocycles. The Morgan fingerprint density at radius 1 is 1.39 bits per heavy atom. The Labute approximate surface area is 122 Å². The van der Waals surface area contributed by atoms with E-state index in [2.05, 4.69) is 47.1 Å². The highest BCUT2D eigenvalue weighted by molar-refractivity contribution is 9.11. The monoisotopic (exact) mass is 399 g/mol. The van der Waals surface area contributed by atoms with Crippen molar-refractivity contribution >= 4 is 53.4 Å². The van der Waals surface area contributed by atoms with Crippen molar-refractivity contribution in [1.82, 2.24) is 9.97 Å². The summed E-state index contributed by atoms with van der Waals surface area (Å²) in [4.78, 5) is 19.8. The summed E-state index contributed by atoms with van der Waals surface area (Å²) in [5, 5.41) is 2.42. The first-order valence-corrected chi connectivity index (χ1v) is 8.22. The maximum absolute atomic E-state index is 11.9. The molecular formula is C9H11Br2N3O3S. The normalized spacial score (nSPS) is 12.3. The number of hydrogen-bond donors (Lipinski definition) is 1. The number of anilines is 1. The molecule has 1 rings (SSSR count). The number of hydrogen-bond acceptors (Lipinski definition) is 5. The molecule has 0 bridgehead atoms. The van der Waals surface area contributed by atoms with Crippen molar-refractivity contribution in [2.45, 2.75) is 18.6 Å². The van der Waals surface area contributed by atoms with Gasteiger partial charge in [-0.15, -0.1) is 0 Å². The number of carbonyl (C=O) groups excluding carboxylic acids is 1. The summed E-state index contributed by atoms with van der Waals surface area (Å²) in [6.07, 6.45) is 2.41. The quantitative estimate of drug-likeness (QED) is 0.834. The fraction of sp³-hybridized carbons (Fsp3) is 0.444. The van der Waals surface area contributed by atoms with Crippen LogP contribution in [0.5, 0.6) is 0 Å². The van der Waals surface area contributed by atoms with Crippen LogP contribution in [0.25, 0.3) is 0 Å². The lowest BCUT2D eigenvalue weighted by Gasteiger charge is -2.21. The Balaban J connectivity index is 3.02. The van der Waals surface area contributed by atoms with Gasteiger partial charge in [0, 0.05) is 6.26 Å². The van der Waals surface area contributed by atoms with Gasteiger partial charge in [-0.05, 0) is 45.7 Å². The molecule has 0 fully saturated rings. The smallest absolute Gasteiger partial charge is 0.246 e. The van der Waals surface area contributed by atoms with Gasteiger partial charge in [-0.2, -0.15) is 0 Å². The third-order valence-corrected chi connectivity index (χ3v) is 5.38. The molecule has 0 aliphatic rings.